The number of nitrogens with zero attached hydrogens (tertiary/aromatic N) is 2. The lowest BCUT2D eigenvalue weighted by Crippen LogP contribution is -1.90. The first-order chi connectivity index (χ1) is 6.90. The van der Waals surface area contributed by atoms with E-state index in [0.29, 0.717) is 0 Å². The van der Waals surface area contributed by atoms with Crippen LogP contribution >= 0.6 is 0 Å². The highest BCUT2D eigenvalue weighted by Gasteiger charge is 1.97. The highest BCUT2D eigenvalue weighted by atomic mass is 14.7. The molecule has 0 atom stereocenters. The van der Waals surface area contributed by atoms with Crippen LogP contribution in [-0.4, -0.2) is 9.97 Å². The molecule has 2 aromatic rings. The van der Waals surface area contributed by atoms with E-state index in [1.165, 1.54) is 12.8 Å². The quantitative estimate of drug-likeness (QED) is 0.736. The Morgan fingerprint density at radius 2 is 2.21 bits per heavy atom. The van der Waals surface area contributed by atoms with Crippen molar-refractivity contribution in [1.82, 2.24) is 9.97 Å². The van der Waals surface area contributed by atoms with E-state index in [0.717, 1.165) is 23.0 Å². The highest BCUT2D eigenvalue weighted by molar-refractivity contribution is 5.77. The van der Waals surface area contributed by atoms with Crippen molar-refractivity contribution in [2.45, 2.75) is 26.2 Å². The maximum atomic E-state index is 4.40. The standard InChI is InChI=1S/C12H14N2/c1-2-3-6-11-8-12-10(9-14-11)5-4-7-13-12/h4-5,7-9H,2-3,6H2,1H3. The van der Waals surface area contributed by atoms with Gasteiger partial charge in [0.1, 0.15) is 0 Å². The van der Waals surface area contributed by atoms with Crippen LogP contribution in [0.3, 0.4) is 0 Å². The summed E-state index contributed by atoms with van der Waals surface area (Å²) in [4.78, 5) is 8.71. The minimum Gasteiger partial charge on any atom is -0.261 e. The zero-order valence-corrected chi connectivity index (χ0v) is 8.40. The summed E-state index contributed by atoms with van der Waals surface area (Å²) < 4.78 is 0. The lowest BCUT2D eigenvalue weighted by molar-refractivity contribution is 0.778. The molecule has 2 heteroatoms. The van der Waals surface area contributed by atoms with Gasteiger partial charge in [-0.1, -0.05) is 13.3 Å². The van der Waals surface area contributed by atoms with E-state index in [1.54, 1.807) is 0 Å². The largest absolute Gasteiger partial charge is 0.261 e. The Morgan fingerprint density at radius 1 is 1.29 bits per heavy atom. The first kappa shape index (κ1) is 9.13. The number of aromatic nitrogens is 2. The molecule has 0 bridgehead atoms. The van der Waals surface area contributed by atoms with Crippen molar-refractivity contribution in [3.05, 3.63) is 36.3 Å². The first-order valence-corrected chi connectivity index (χ1v) is 5.10. The molecule has 2 aromatic heterocycles. The SMILES string of the molecule is CCCCc1cc2ncccc2cn1. The van der Waals surface area contributed by atoms with Gasteiger partial charge in [-0.05, 0) is 31.0 Å². The molecule has 0 saturated carbocycles. The molecule has 0 aliphatic carbocycles. The van der Waals surface area contributed by atoms with Gasteiger partial charge >= 0.3 is 0 Å². The fourth-order valence-electron chi connectivity index (χ4n) is 1.50. The third-order valence-electron chi connectivity index (χ3n) is 2.33. The molecule has 0 unspecified atom stereocenters. The number of aryl methyl sites for hydroxylation is 1. The smallest absolute Gasteiger partial charge is 0.0735 e. The van der Waals surface area contributed by atoms with Crippen molar-refractivity contribution in [1.29, 1.82) is 0 Å². The Morgan fingerprint density at radius 3 is 3.07 bits per heavy atom. The molecule has 0 amide bonds. The molecule has 0 saturated heterocycles. The number of unbranched alkanes of at least 4 members (excludes halogenated alkanes) is 1. The van der Waals surface area contributed by atoms with Gasteiger partial charge in [0.25, 0.3) is 0 Å². The molecule has 2 heterocycles. The third kappa shape index (κ3) is 1.90. The lowest BCUT2D eigenvalue weighted by Gasteiger charge is -2.00. The molecule has 72 valence electrons. The zero-order valence-electron chi connectivity index (χ0n) is 8.40. The lowest BCUT2D eigenvalue weighted by atomic mass is 10.1. The summed E-state index contributed by atoms with van der Waals surface area (Å²) >= 11 is 0. The first-order valence-electron chi connectivity index (χ1n) is 5.10. The van der Waals surface area contributed by atoms with E-state index in [4.69, 9.17) is 0 Å². The molecule has 0 N–H and O–H groups in total. The van der Waals surface area contributed by atoms with Gasteiger partial charge in [0.05, 0.1) is 5.52 Å². The van der Waals surface area contributed by atoms with Crippen molar-refractivity contribution in [3.63, 3.8) is 0 Å². The maximum Gasteiger partial charge on any atom is 0.0735 e. The van der Waals surface area contributed by atoms with E-state index >= 15 is 0 Å². The minimum atomic E-state index is 1.05. The number of hydrogen-bond donors (Lipinski definition) is 0. The van der Waals surface area contributed by atoms with Gasteiger partial charge in [0, 0.05) is 23.5 Å². The number of pyridine rings is 2. The molecule has 0 spiro atoms. The fourth-order valence-corrected chi connectivity index (χ4v) is 1.50. The Balaban J connectivity index is 2.32. The van der Waals surface area contributed by atoms with Crippen LogP contribution in [0.25, 0.3) is 10.9 Å². The molecule has 0 aliphatic rings. The number of hydrogen-bond acceptors (Lipinski definition) is 2. The number of rotatable bonds is 3. The maximum absolute atomic E-state index is 4.40. The van der Waals surface area contributed by atoms with Crippen LogP contribution in [-0.2, 0) is 6.42 Å². The van der Waals surface area contributed by atoms with Crippen molar-refractivity contribution < 1.29 is 0 Å². The van der Waals surface area contributed by atoms with Crippen LogP contribution in [0.1, 0.15) is 25.5 Å². The topological polar surface area (TPSA) is 25.8 Å². The van der Waals surface area contributed by atoms with Crippen LogP contribution in [0.15, 0.2) is 30.6 Å². The molecule has 0 radical (unpaired) electrons. The molecule has 2 nitrogen and oxygen atoms in total. The molecular weight excluding hydrogens is 172 g/mol. The summed E-state index contributed by atoms with van der Waals surface area (Å²) in [5, 5.41) is 1.12. The second kappa shape index (κ2) is 4.18. The Bertz CT molecular complexity index is 423. The van der Waals surface area contributed by atoms with Crippen molar-refractivity contribution >= 4 is 10.9 Å². The van der Waals surface area contributed by atoms with Gasteiger partial charge in [0.2, 0.25) is 0 Å². The average Bonchev–Trinajstić information content (AvgIpc) is 2.26. The second-order valence-corrected chi connectivity index (χ2v) is 3.48. The van der Waals surface area contributed by atoms with E-state index in [-0.39, 0.29) is 0 Å². The van der Waals surface area contributed by atoms with Gasteiger partial charge in [-0.2, -0.15) is 0 Å². The zero-order chi connectivity index (χ0) is 9.80. The fraction of sp³-hybridized carbons (Fsp3) is 0.333. The molecule has 2 rings (SSSR count). The van der Waals surface area contributed by atoms with Crippen LogP contribution in [0, 0.1) is 0 Å². The summed E-state index contributed by atoms with van der Waals surface area (Å²) in [7, 11) is 0. The predicted octanol–water partition coefficient (Wildman–Crippen LogP) is 2.97. The van der Waals surface area contributed by atoms with Crippen LogP contribution < -0.4 is 0 Å². The Hall–Kier alpha value is -1.44. The van der Waals surface area contributed by atoms with Gasteiger partial charge in [-0.25, -0.2) is 0 Å². The summed E-state index contributed by atoms with van der Waals surface area (Å²) in [6.45, 7) is 2.19. The third-order valence-corrected chi connectivity index (χ3v) is 2.33. The monoisotopic (exact) mass is 186 g/mol. The Labute approximate surface area is 84.0 Å². The summed E-state index contributed by atoms with van der Waals surface area (Å²) in [5.41, 5.74) is 2.20. The molecule has 0 aliphatic heterocycles. The highest BCUT2D eigenvalue weighted by Crippen LogP contribution is 2.11. The van der Waals surface area contributed by atoms with Gasteiger partial charge in [-0.3, -0.25) is 9.97 Å². The van der Waals surface area contributed by atoms with Crippen molar-refractivity contribution in [3.8, 4) is 0 Å². The normalized spacial score (nSPS) is 10.6. The molecule has 0 fully saturated rings. The van der Waals surface area contributed by atoms with Gasteiger partial charge in [-0.15, -0.1) is 0 Å². The van der Waals surface area contributed by atoms with Gasteiger partial charge in [0.15, 0.2) is 0 Å². The minimum absolute atomic E-state index is 1.05. The van der Waals surface area contributed by atoms with Crippen LogP contribution in [0.2, 0.25) is 0 Å². The van der Waals surface area contributed by atoms with Crippen LogP contribution in [0.5, 0.6) is 0 Å². The summed E-state index contributed by atoms with van der Waals surface area (Å²) in [5.74, 6) is 0. The average molecular weight is 186 g/mol. The summed E-state index contributed by atoms with van der Waals surface area (Å²) in [6.07, 6.45) is 7.20. The molecular formula is C12H14N2. The predicted molar refractivity (Wildman–Crippen MR) is 58.2 cm³/mol. The number of fused-ring (bicyclic) bond motifs is 1. The van der Waals surface area contributed by atoms with E-state index in [2.05, 4.69) is 23.0 Å². The van der Waals surface area contributed by atoms with E-state index < -0.39 is 0 Å². The van der Waals surface area contributed by atoms with Crippen molar-refractivity contribution in [2.75, 3.05) is 0 Å². The van der Waals surface area contributed by atoms with E-state index in [9.17, 15) is 0 Å². The molecule has 0 aromatic carbocycles. The second-order valence-electron chi connectivity index (χ2n) is 3.48. The summed E-state index contributed by atoms with van der Waals surface area (Å²) in [6, 6.07) is 6.07. The van der Waals surface area contributed by atoms with Crippen LogP contribution in [0.4, 0.5) is 0 Å². The van der Waals surface area contributed by atoms with Gasteiger partial charge < -0.3 is 0 Å². The Kier molecular flexibility index (Phi) is 2.73. The van der Waals surface area contributed by atoms with Crippen molar-refractivity contribution in [2.24, 2.45) is 0 Å². The molecule has 14 heavy (non-hydrogen) atoms. The van der Waals surface area contributed by atoms with E-state index in [1.807, 2.05) is 24.5 Å².